The SMILES string of the molecule is COC(=O)c1ccnc(NC(=O)OC(C)(C)C)c1. The number of hydrogen-bond donors (Lipinski definition) is 1. The first kappa shape index (κ1) is 14.0. The lowest BCUT2D eigenvalue weighted by Gasteiger charge is -2.19. The molecule has 0 aromatic carbocycles. The summed E-state index contributed by atoms with van der Waals surface area (Å²) in [6.45, 7) is 5.26. The molecule has 6 nitrogen and oxygen atoms in total. The quantitative estimate of drug-likeness (QED) is 0.816. The summed E-state index contributed by atoms with van der Waals surface area (Å²) in [6.07, 6.45) is 0.774. The van der Waals surface area contributed by atoms with Crippen LogP contribution in [0.15, 0.2) is 18.3 Å². The highest BCUT2D eigenvalue weighted by Gasteiger charge is 2.17. The smallest absolute Gasteiger partial charge is 0.413 e. The fraction of sp³-hybridized carbons (Fsp3) is 0.417. The molecule has 18 heavy (non-hydrogen) atoms. The molecular weight excluding hydrogens is 236 g/mol. The maximum atomic E-state index is 11.5. The van der Waals surface area contributed by atoms with Crippen molar-refractivity contribution in [2.45, 2.75) is 26.4 Å². The molecule has 0 saturated carbocycles. The lowest BCUT2D eigenvalue weighted by Crippen LogP contribution is -2.27. The second-order valence-corrected chi connectivity index (χ2v) is 4.55. The van der Waals surface area contributed by atoms with Crippen LogP contribution in [0.25, 0.3) is 0 Å². The number of hydrogen-bond acceptors (Lipinski definition) is 5. The van der Waals surface area contributed by atoms with Crippen LogP contribution in [0.5, 0.6) is 0 Å². The fourth-order valence-corrected chi connectivity index (χ4v) is 1.15. The Balaban J connectivity index is 2.74. The van der Waals surface area contributed by atoms with E-state index in [9.17, 15) is 9.59 Å². The lowest BCUT2D eigenvalue weighted by atomic mass is 10.2. The van der Waals surface area contributed by atoms with Gasteiger partial charge in [0.2, 0.25) is 0 Å². The molecule has 98 valence electrons. The summed E-state index contributed by atoms with van der Waals surface area (Å²) in [6, 6.07) is 2.90. The van der Waals surface area contributed by atoms with Crippen molar-refractivity contribution in [1.29, 1.82) is 0 Å². The van der Waals surface area contributed by atoms with Crippen molar-refractivity contribution in [3.8, 4) is 0 Å². The van der Waals surface area contributed by atoms with E-state index >= 15 is 0 Å². The molecule has 1 rings (SSSR count). The topological polar surface area (TPSA) is 77.5 Å². The Morgan fingerprint density at radius 3 is 2.56 bits per heavy atom. The van der Waals surface area contributed by atoms with Gasteiger partial charge < -0.3 is 9.47 Å². The van der Waals surface area contributed by atoms with Gasteiger partial charge in [0.15, 0.2) is 0 Å². The number of carbonyl (C=O) groups excluding carboxylic acids is 2. The van der Waals surface area contributed by atoms with Gasteiger partial charge >= 0.3 is 12.1 Å². The van der Waals surface area contributed by atoms with Crippen molar-refractivity contribution in [3.05, 3.63) is 23.9 Å². The summed E-state index contributed by atoms with van der Waals surface area (Å²) in [5, 5.41) is 2.44. The van der Waals surface area contributed by atoms with Crippen LogP contribution in [0.3, 0.4) is 0 Å². The van der Waals surface area contributed by atoms with E-state index in [1.807, 2.05) is 0 Å². The average molecular weight is 252 g/mol. The predicted molar refractivity (Wildman–Crippen MR) is 65.4 cm³/mol. The number of aromatic nitrogens is 1. The van der Waals surface area contributed by atoms with Crippen molar-refractivity contribution < 1.29 is 19.1 Å². The van der Waals surface area contributed by atoms with Gasteiger partial charge in [-0.05, 0) is 32.9 Å². The molecular formula is C12H16N2O4. The van der Waals surface area contributed by atoms with E-state index in [2.05, 4.69) is 15.0 Å². The minimum Gasteiger partial charge on any atom is -0.465 e. The number of anilines is 1. The van der Waals surface area contributed by atoms with Crippen LogP contribution in [-0.4, -0.2) is 29.8 Å². The fourth-order valence-electron chi connectivity index (χ4n) is 1.15. The summed E-state index contributed by atoms with van der Waals surface area (Å²) >= 11 is 0. The molecule has 1 amide bonds. The van der Waals surface area contributed by atoms with Crippen LogP contribution in [0.1, 0.15) is 31.1 Å². The molecule has 0 unspecified atom stereocenters. The first-order valence-corrected chi connectivity index (χ1v) is 5.36. The van der Waals surface area contributed by atoms with E-state index in [4.69, 9.17) is 4.74 Å². The van der Waals surface area contributed by atoms with Crippen molar-refractivity contribution in [3.63, 3.8) is 0 Å². The van der Waals surface area contributed by atoms with Crippen molar-refractivity contribution >= 4 is 17.9 Å². The minimum atomic E-state index is -0.628. The third-order valence-electron chi connectivity index (χ3n) is 1.81. The van der Waals surface area contributed by atoms with Gasteiger partial charge in [-0.3, -0.25) is 5.32 Å². The van der Waals surface area contributed by atoms with Crippen LogP contribution in [0, 0.1) is 0 Å². The highest BCUT2D eigenvalue weighted by atomic mass is 16.6. The molecule has 6 heteroatoms. The molecule has 1 aromatic heterocycles. The van der Waals surface area contributed by atoms with Crippen LogP contribution < -0.4 is 5.32 Å². The normalized spacial score (nSPS) is 10.7. The van der Waals surface area contributed by atoms with Gasteiger partial charge in [-0.25, -0.2) is 14.6 Å². The Hall–Kier alpha value is -2.11. The molecule has 0 fully saturated rings. The summed E-state index contributed by atoms with van der Waals surface area (Å²) in [4.78, 5) is 26.7. The number of nitrogens with zero attached hydrogens (tertiary/aromatic N) is 1. The maximum Gasteiger partial charge on any atom is 0.413 e. The van der Waals surface area contributed by atoms with Gasteiger partial charge in [0.05, 0.1) is 12.7 Å². The zero-order chi connectivity index (χ0) is 13.8. The average Bonchev–Trinajstić information content (AvgIpc) is 2.25. The van der Waals surface area contributed by atoms with E-state index in [0.717, 1.165) is 0 Å². The first-order chi connectivity index (χ1) is 8.31. The van der Waals surface area contributed by atoms with Gasteiger partial charge in [0.1, 0.15) is 11.4 Å². The highest BCUT2D eigenvalue weighted by molar-refractivity contribution is 5.91. The molecule has 1 N–H and O–H groups in total. The zero-order valence-electron chi connectivity index (χ0n) is 10.8. The predicted octanol–water partition coefficient (Wildman–Crippen LogP) is 2.22. The van der Waals surface area contributed by atoms with Crippen LogP contribution in [-0.2, 0) is 9.47 Å². The van der Waals surface area contributed by atoms with E-state index in [0.29, 0.717) is 5.56 Å². The molecule has 0 bridgehead atoms. The van der Waals surface area contributed by atoms with Crippen molar-refractivity contribution in [2.75, 3.05) is 12.4 Å². The van der Waals surface area contributed by atoms with E-state index in [1.165, 1.54) is 25.4 Å². The van der Waals surface area contributed by atoms with Gasteiger partial charge in [-0.2, -0.15) is 0 Å². The number of amides is 1. The monoisotopic (exact) mass is 252 g/mol. The van der Waals surface area contributed by atoms with E-state index < -0.39 is 17.7 Å². The number of esters is 1. The van der Waals surface area contributed by atoms with Crippen molar-refractivity contribution in [2.24, 2.45) is 0 Å². The van der Waals surface area contributed by atoms with Crippen LogP contribution >= 0.6 is 0 Å². The van der Waals surface area contributed by atoms with E-state index in [1.54, 1.807) is 20.8 Å². The number of pyridine rings is 1. The number of nitrogens with one attached hydrogen (secondary N) is 1. The summed E-state index contributed by atoms with van der Waals surface area (Å²) in [7, 11) is 1.28. The molecule has 0 radical (unpaired) electrons. The van der Waals surface area contributed by atoms with Crippen LogP contribution in [0.4, 0.5) is 10.6 Å². The number of carbonyl (C=O) groups is 2. The molecule has 0 saturated heterocycles. The second kappa shape index (κ2) is 5.48. The Labute approximate surface area is 105 Å². The number of ether oxygens (including phenoxy) is 2. The lowest BCUT2D eigenvalue weighted by molar-refractivity contribution is 0.0596. The molecule has 0 aliphatic heterocycles. The molecule has 0 spiro atoms. The third-order valence-corrected chi connectivity index (χ3v) is 1.81. The maximum absolute atomic E-state index is 11.5. The first-order valence-electron chi connectivity index (χ1n) is 5.36. The van der Waals surface area contributed by atoms with Gasteiger partial charge in [-0.1, -0.05) is 0 Å². The van der Waals surface area contributed by atoms with Gasteiger partial charge in [0.25, 0.3) is 0 Å². The van der Waals surface area contributed by atoms with Crippen molar-refractivity contribution in [1.82, 2.24) is 4.98 Å². The highest BCUT2D eigenvalue weighted by Crippen LogP contribution is 2.11. The third kappa shape index (κ3) is 4.40. The van der Waals surface area contributed by atoms with Gasteiger partial charge in [0, 0.05) is 6.20 Å². The number of methoxy groups -OCH3 is 1. The second-order valence-electron chi connectivity index (χ2n) is 4.55. The Morgan fingerprint density at radius 2 is 2.00 bits per heavy atom. The number of rotatable bonds is 2. The largest absolute Gasteiger partial charge is 0.465 e. The van der Waals surface area contributed by atoms with E-state index in [-0.39, 0.29) is 5.82 Å². The minimum absolute atomic E-state index is 0.229. The Kier molecular flexibility index (Phi) is 4.25. The van der Waals surface area contributed by atoms with Crippen LogP contribution in [0.2, 0.25) is 0 Å². The summed E-state index contributed by atoms with van der Waals surface area (Å²) in [5.74, 6) is -0.267. The molecule has 1 aromatic rings. The van der Waals surface area contributed by atoms with Gasteiger partial charge in [-0.15, -0.1) is 0 Å². The summed E-state index contributed by atoms with van der Waals surface area (Å²) in [5.41, 5.74) is -0.289. The zero-order valence-corrected chi connectivity index (χ0v) is 10.8. The summed E-state index contributed by atoms with van der Waals surface area (Å²) < 4.78 is 9.63. The Bertz CT molecular complexity index is 452. The molecule has 0 aliphatic rings. The molecule has 0 aliphatic carbocycles. The molecule has 0 atom stereocenters. The standard InChI is InChI=1S/C12H16N2O4/c1-12(2,3)18-11(16)14-9-7-8(5-6-13-9)10(15)17-4/h5-7H,1-4H3,(H,13,14,16). The molecule has 1 heterocycles. The Morgan fingerprint density at radius 1 is 1.33 bits per heavy atom.